The minimum absolute atomic E-state index is 0.0342. The van der Waals surface area contributed by atoms with Gasteiger partial charge in [-0.25, -0.2) is 4.57 Å². The van der Waals surface area contributed by atoms with Crippen LogP contribution in [-0.2, 0) is 32.7 Å². The number of likely N-dealkylation sites (N-methyl/N-ethyl adjacent to an activating group) is 1. The Morgan fingerprint density at radius 2 is 0.750 bits per heavy atom. The molecule has 0 fully saturated rings. The maximum absolute atomic E-state index is 12.8. The Hall–Kier alpha value is -1.77. The molecule has 0 spiro atoms. The summed E-state index contributed by atoms with van der Waals surface area (Å²) in [6, 6.07) is 0. The van der Waals surface area contributed by atoms with Crippen molar-refractivity contribution in [1.82, 2.24) is 0 Å². The van der Waals surface area contributed by atoms with Gasteiger partial charge in [-0.15, -0.1) is 0 Å². The predicted octanol–water partition coefficient (Wildman–Crippen LogP) is 19.2. The summed E-state index contributed by atoms with van der Waals surface area (Å²) in [5, 5.41) is 0. The van der Waals surface area contributed by atoms with E-state index in [1.165, 1.54) is 218 Å². The Labute approximate surface area is 446 Å². The van der Waals surface area contributed by atoms with E-state index >= 15 is 0 Å². The summed E-state index contributed by atoms with van der Waals surface area (Å²) in [5.74, 6) is -0.781. The van der Waals surface area contributed by atoms with E-state index in [4.69, 9.17) is 18.5 Å². The third kappa shape index (κ3) is 57.5. The highest BCUT2D eigenvalue weighted by molar-refractivity contribution is 7.47. The van der Waals surface area contributed by atoms with Crippen LogP contribution in [0.5, 0.6) is 0 Å². The van der Waals surface area contributed by atoms with Crippen molar-refractivity contribution in [2.24, 2.45) is 0 Å². The normalized spacial score (nSPS) is 13.5. The molecule has 9 nitrogen and oxygen atoms in total. The molecule has 2 atom stereocenters. The third-order valence-corrected chi connectivity index (χ3v) is 14.7. The molecule has 0 aromatic heterocycles. The molecule has 0 radical (unpaired) electrons. The molecular formula is C62H119NO8P+. The number of rotatable bonds is 57. The van der Waals surface area contributed by atoms with Crippen LogP contribution in [0.15, 0.2) is 36.5 Å². The zero-order chi connectivity index (χ0) is 52.7. The van der Waals surface area contributed by atoms with E-state index in [0.29, 0.717) is 23.9 Å². The first-order valence-corrected chi connectivity index (χ1v) is 32.2. The van der Waals surface area contributed by atoms with Crippen LogP contribution in [0.4, 0.5) is 0 Å². The van der Waals surface area contributed by atoms with Gasteiger partial charge in [0.25, 0.3) is 0 Å². The van der Waals surface area contributed by atoms with Gasteiger partial charge >= 0.3 is 19.8 Å². The maximum atomic E-state index is 12.8. The topological polar surface area (TPSA) is 108 Å². The molecule has 0 aliphatic carbocycles. The van der Waals surface area contributed by atoms with Gasteiger partial charge in [-0.05, 0) is 51.4 Å². The molecule has 0 aliphatic rings. The summed E-state index contributed by atoms with van der Waals surface area (Å²) in [5.41, 5.74) is 0. The molecule has 0 bridgehead atoms. The minimum atomic E-state index is -4.38. The van der Waals surface area contributed by atoms with Crippen LogP contribution in [0.3, 0.4) is 0 Å². The van der Waals surface area contributed by atoms with Crippen molar-refractivity contribution in [2.75, 3.05) is 47.5 Å². The highest BCUT2D eigenvalue weighted by atomic mass is 31.2. The van der Waals surface area contributed by atoms with Gasteiger partial charge in [0, 0.05) is 12.8 Å². The van der Waals surface area contributed by atoms with Crippen molar-refractivity contribution in [3.63, 3.8) is 0 Å². The van der Waals surface area contributed by atoms with Crippen LogP contribution >= 0.6 is 7.82 Å². The molecule has 10 heteroatoms. The molecule has 72 heavy (non-hydrogen) atoms. The lowest BCUT2D eigenvalue weighted by Crippen LogP contribution is -2.37. The van der Waals surface area contributed by atoms with Gasteiger partial charge in [0.15, 0.2) is 6.10 Å². The molecular weight excluding hydrogens is 918 g/mol. The van der Waals surface area contributed by atoms with E-state index in [9.17, 15) is 19.0 Å². The van der Waals surface area contributed by atoms with Crippen molar-refractivity contribution in [3.05, 3.63) is 36.5 Å². The monoisotopic (exact) mass is 1040 g/mol. The minimum Gasteiger partial charge on any atom is -0.462 e. The Morgan fingerprint density at radius 3 is 1.11 bits per heavy atom. The highest BCUT2D eigenvalue weighted by Crippen LogP contribution is 2.43. The van der Waals surface area contributed by atoms with Crippen molar-refractivity contribution in [1.29, 1.82) is 0 Å². The van der Waals surface area contributed by atoms with E-state index < -0.39 is 26.5 Å². The van der Waals surface area contributed by atoms with Gasteiger partial charge in [-0.1, -0.05) is 269 Å². The second-order valence-corrected chi connectivity index (χ2v) is 23.6. The lowest BCUT2D eigenvalue weighted by Gasteiger charge is -2.24. The second kappa shape index (κ2) is 54.0. The first-order valence-electron chi connectivity index (χ1n) is 30.7. The van der Waals surface area contributed by atoms with E-state index in [1.54, 1.807) is 0 Å². The molecule has 0 aromatic carbocycles. The maximum Gasteiger partial charge on any atom is 0.472 e. The number of ether oxygens (including phenoxy) is 2. The first kappa shape index (κ1) is 70.2. The van der Waals surface area contributed by atoms with Gasteiger partial charge in [0.1, 0.15) is 19.8 Å². The van der Waals surface area contributed by atoms with Gasteiger partial charge in [0.05, 0.1) is 27.7 Å². The average Bonchev–Trinajstić information content (AvgIpc) is 3.34. The molecule has 1 N–H and O–H groups in total. The number of carbonyl (C=O) groups is 2. The summed E-state index contributed by atoms with van der Waals surface area (Å²) < 4.78 is 34.6. The number of nitrogens with zero attached hydrogens (tertiary/aromatic N) is 1. The Balaban J connectivity index is 4.05. The number of quaternary nitrogens is 1. The largest absolute Gasteiger partial charge is 0.472 e. The molecule has 0 rings (SSSR count). The molecule has 424 valence electrons. The predicted molar refractivity (Wildman–Crippen MR) is 307 cm³/mol. The summed E-state index contributed by atoms with van der Waals surface area (Å²) >= 11 is 0. The van der Waals surface area contributed by atoms with Crippen molar-refractivity contribution >= 4 is 19.8 Å². The first-order chi connectivity index (χ1) is 35.0. The number of carbonyl (C=O) groups excluding carboxylic acids is 2. The lowest BCUT2D eigenvalue weighted by molar-refractivity contribution is -0.870. The molecule has 0 saturated carbocycles. The van der Waals surface area contributed by atoms with Gasteiger partial charge in [-0.2, -0.15) is 0 Å². The number of phosphoric ester groups is 1. The molecule has 2 unspecified atom stereocenters. The Kier molecular flexibility index (Phi) is 52.7. The third-order valence-electron chi connectivity index (χ3n) is 13.7. The fraction of sp³-hybridized carbons (Fsp3) is 0.871. The number of hydrogen-bond donors (Lipinski definition) is 1. The van der Waals surface area contributed by atoms with Gasteiger partial charge < -0.3 is 18.9 Å². The summed E-state index contributed by atoms with van der Waals surface area (Å²) in [4.78, 5) is 35.7. The Morgan fingerprint density at radius 1 is 0.431 bits per heavy atom. The van der Waals surface area contributed by atoms with Crippen LogP contribution in [0.25, 0.3) is 0 Å². The average molecular weight is 1040 g/mol. The second-order valence-electron chi connectivity index (χ2n) is 22.1. The van der Waals surface area contributed by atoms with Crippen LogP contribution in [0, 0.1) is 0 Å². The molecule has 0 heterocycles. The molecule has 0 aromatic rings. The van der Waals surface area contributed by atoms with E-state index in [-0.39, 0.29) is 25.6 Å². The SMILES string of the molecule is CCCCCCC/C=C\C/C=C\C/C=C\CCCCCCCCCCCCCCCCCCC(=O)OC(COC(=O)CCCCCCCCCCCCCCCCCCC)COP(=O)(O)OCC[N+](C)(C)C. The highest BCUT2D eigenvalue weighted by Gasteiger charge is 2.27. The molecule has 0 aliphatic heterocycles. The van der Waals surface area contributed by atoms with E-state index in [0.717, 1.165) is 44.9 Å². The fourth-order valence-corrected chi connectivity index (χ4v) is 9.65. The smallest absolute Gasteiger partial charge is 0.462 e. The van der Waals surface area contributed by atoms with Crippen molar-refractivity contribution < 1.29 is 42.1 Å². The van der Waals surface area contributed by atoms with Crippen LogP contribution in [0.1, 0.15) is 296 Å². The van der Waals surface area contributed by atoms with E-state index in [2.05, 4.69) is 50.3 Å². The van der Waals surface area contributed by atoms with E-state index in [1.807, 2.05) is 21.1 Å². The van der Waals surface area contributed by atoms with Crippen molar-refractivity contribution in [3.8, 4) is 0 Å². The number of allylic oxidation sites excluding steroid dienone is 6. The number of esters is 2. The number of hydrogen-bond acceptors (Lipinski definition) is 7. The van der Waals surface area contributed by atoms with Crippen LogP contribution < -0.4 is 0 Å². The number of unbranched alkanes of at least 4 members (excludes halogenated alkanes) is 37. The van der Waals surface area contributed by atoms with Gasteiger partial charge in [0.2, 0.25) is 0 Å². The fourth-order valence-electron chi connectivity index (χ4n) is 8.91. The zero-order valence-corrected chi connectivity index (χ0v) is 49.1. The van der Waals surface area contributed by atoms with Gasteiger partial charge in [-0.3, -0.25) is 18.6 Å². The Bertz CT molecular complexity index is 1310. The van der Waals surface area contributed by atoms with Crippen LogP contribution in [0.2, 0.25) is 0 Å². The van der Waals surface area contributed by atoms with Crippen molar-refractivity contribution in [2.45, 2.75) is 302 Å². The summed E-state index contributed by atoms with van der Waals surface area (Å²) in [6.45, 7) is 4.47. The number of phosphoric acid groups is 1. The van der Waals surface area contributed by atoms with Crippen LogP contribution in [-0.4, -0.2) is 74.9 Å². The lowest BCUT2D eigenvalue weighted by atomic mass is 10.0. The molecule has 0 amide bonds. The summed E-state index contributed by atoms with van der Waals surface area (Å²) in [6.07, 6.45) is 66.5. The zero-order valence-electron chi connectivity index (χ0n) is 48.2. The quantitative estimate of drug-likeness (QED) is 0.0211. The summed E-state index contributed by atoms with van der Waals surface area (Å²) in [7, 11) is 1.49. The standard InChI is InChI=1S/C62H118NO8P/c1-6-8-10-12-14-16-18-20-22-24-25-26-27-28-29-30-31-32-33-34-35-36-37-39-41-43-45-47-49-51-53-55-62(65)71-60(59-70-72(66,67)69-57-56-63(3,4)5)58-68-61(64)54-52-50-48-46-44-42-40-38-23-21-19-17-15-13-11-9-7-2/h18,20,24-25,27-28,60H,6-17,19,21-23,26,29-59H2,1-5H3/p+1/b20-18-,25-24-,28-27-. The molecule has 0 saturated heterocycles.